The molecule has 0 amide bonds. The van der Waals surface area contributed by atoms with Gasteiger partial charge in [-0.2, -0.15) is 0 Å². The third kappa shape index (κ3) is 6.12. The van der Waals surface area contributed by atoms with Crippen molar-refractivity contribution in [1.82, 2.24) is 5.32 Å². The first-order chi connectivity index (χ1) is 15.8. The quantitative estimate of drug-likeness (QED) is 0.328. The third-order valence-corrected chi connectivity index (χ3v) is 5.69. The van der Waals surface area contributed by atoms with Gasteiger partial charge in [-0.3, -0.25) is 0 Å². The molecule has 33 heavy (non-hydrogen) atoms. The summed E-state index contributed by atoms with van der Waals surface area (Å²) in [4.78, 5) is 11.9. The molecule has 0 aliphatic carbocycles. The summed E-state index contributed by atoms with van der Waals surface area (Å²) >= 11 is 0. The van der Waals surface area contributed by atoms with E-state index in [0.29, 0.717) is 18.7 Å². The maximum Gasteiger partial charge on any atom is 0.338 e. The number of aliphatic hydroxyl groups excluding tert-OH is 1. The van der Waals surface area contributed by atoms with Crippen LogP contribution >= 0.6 is 0 Å². The van der Waals surface area contributed by atoms with Crippen molar-refractivity contribution >= 4 is 5.97 Å². The molecule has 0 bridgehead atoms. The average Bonchev–Trinajstić information content (AvgIpc) is 2.82. The standard InChI is InChI=1S/C27H31NO5/c1-17-16-25(27(31)32-4)18(2)15-24(17)20-7-11-23(12-8-20)33-14-13-28-19(3)26(30)21-5-9-22(29)10-6-21/h5-12,15-16,19,26,28-30H,13-14H2,1-4H3. The number of carbonyl (C=O) groups excluding carboxylic acids is 1. The minimum absolute atomic E-state index is 0.167. The number of carbonyl (C=O) groups is 1. The Morgan fingerprint density at radius 3 is 2.30 bits per heavy atom. The first kappa shape index (κ1) is 24.3. The molecule has 0 saturated carbocycles. The van der Waals surface area contributed by atoms with Gasteiger partial charge in [0, 0.05) is 12.6 Å². The summed E-state index contributed by atoms with van der Waals surface area (Å²) in [5.74, 6) is 0.603. The van der Waals surface area contributed by atoms with E-state index in [1.165, 1.54) is 7.11 Å². The van der Waals surface area contributed by atoms with E-state index in [-0.39, 0.29) is 17.8 Å². The van der Waals surface area contributed by atoms with Gasteiger partial charge in [-0.05, 0) is 78.9 Å². The molecule has 3 aromatic carbocycles. The van der Waals surface area contributed by atoms with E-state index in [4.69, 9.17) is 9.47 Å². The molecule has 3 rings (SSSR count). The van der Waals surface area contributed by atoms with Crippen molar-refractivity contribution < 1.29 is 24.5 Å². The minimum Gasteiger partial charge on any atom is -0.508 e. The highest BCUT2D eigenvalue weighted by molar-refractivity contribution is 5.92. The Kier molecular flexibility index (Phi) is 8.09. The second-order valence-corrected chi connectivity index (χ2v) is 8.13. The fraction of sp³-hybridized carbons (Fsp3) is 0.296. The Bertz CT molecular complexity index is 1080. The summed E-state index contributed by atoms with van der Waals surface area (Å²) in [6.07, 6.45) is -0.679. The Hall–Kier alpha value is -3.35. The number of ether oxygens (including phenoxy) is 2. The first-order valence-corrected chi connectivity index (χ1v) is 10.9. The molecule has 3 aromatic rings. The molecule has 3 N–H and O–H groups in total. The average molecular weight is 450 g/mol. The van der Waals surface area contributed by atoms with Crippen LogP contribution in [0.5, 0.6) is 11.5 Å². The molecule has 2 unspecified atom stereocenters. The number of rotatable bonds is 9. The molecular weight excluding hydrogens is 418 g/mol. The van der Waals surface area contributed by atoms with Crippen LogP contribution in [0.3, 0.4) is 0 Å². The highest BCUT2D eigenvalue weighted by Gasteiger charge is 2.16. The first-order valence-electron chi connectivity index (χ1n) is 10.9. The SMILES string of the molecule is COC(=O)c1cc(C)c(-c2ccc(OCCNC(C)C(O)c3ccc(O)cc3)cc2)cc1C. The number of hydrogen-bond acceptors (Lipinski definition) is 6. The van der Waals surface area contributed by atoms with Crippen LogP contribution in [0.4, 0.5) is 0 Å². The zero-order valence-electron chi connectivity index (χ0n) is 19.5. The molecule has 174 valence electrons. The Labute approximate surface area is 194 Å². The molecule has 0 aliphatic rings. The van der Waals surface area contributed by atoms with E-state index >= 15 is 0 Å². The predicted octanol–water partition coefficient (Wildman–Crippen LogP) is 4.55. The lowest BCUT2D eigenvalue weighted by molar-refractivity contribution is 0.0600. The highest BCUT2D eigenvalue weighted by atomic mass is 16.5. The highest BCUT2D eigenvalue weighted by Crippen LogP contribution is 2.28. The van der Waals surface area contributed by atoms with Crippen LogP contribution in [0.2, 0.25) is 0 Å². The third-order valence-electron chi connectivity index (χ3n) is 5.69. The molecule has 2 atom stereocenters. The van der Waals surface area contributed by atoms with Crippen molar-refractivity contribution in [3.05, 3.63) is 82.9 Å². The van der Waals surface area contributed by atoms with Crippen LogP contribution in [-0.2, 0) is 4.74 Å². The summed E-state index contributed by atoms with van der Waals surface area (Å²) in [5, 5.41) is 23.1. The van der Waals surface area contributed by atoms with Gasteiger partial charge in [0.2, 0.25) is 0 Å². The van der Waals surface area contributed by atoms with Crippen LogP contribution in [0.25, 0.3) is 11.1 Å². The lowest BCUT2D eigenvalue weighted by Crippen LogP contribution is -2.35. The molecule has 0 saturated heterocycles. The van der Waals surface area contributed by atoms with Gasteiger partial charge in [0.25, 0.3) is 0 Å². The molecule has 0 radical (unpaired) electrons. The lowest BCUT2D eigenvalue weighted by Gasteiger charge is -2.21. The second-order valence-electron chi connectivity index (χ2n) is 8.13. The fourth-order valence-electron chi connectivity index (χ4n) is 3.72. The summed E-state index contributed by atoms with van der Waals surface area (Å²) in [7, 11) is 1.39. The maximum absolute atomic E-state index is 11.9. The van der Waals surface area contributed by atoms with Crippen LogP contribution < -0.4 is 10.1 Å². The van der Waals surface area contributed by atoms with E-state index in [1.54, 1.807) is 24.3 Å². The van der Waals surface area contributed by atoms with Gasteiger partial charge in [-0.1, -0.05) is 30.3 Å². The van der Waals surface area contributed by atoms with Crippen molar-refractivity contribution in [1.29, 1.82) is 0 Å². The van der Waals surface area contributed by atoms with Crippen molar-refractivity contribution in [3.8, 4) is 22.6 Å². The molecule has 0 aromatic heterocycles. The number of aromatic hydroxyl groups is 1. The van der Waals surface area contributed by atoms with Crippen LogP contribution in [0.1, 0.15) is 40.1 Å². The molecule has 0 fully saturated rings. The van der Waals surface area contributed by atoms with Crippen molar-refractivity contribution in [2.45, 2.75) is 32.9 Å². The van der Waals surface area contributed by atoms with Crippen LogP contribution in [0.15, 0.2) is 60.7 Å². The minimum atomic E-state index is -0.679. The smallest absolute Gasteiger partial charge is 0.338 e. The largest absolute Gasteiger partial charge is 0.508 e. The van der Waals surface area contributed by atoms with Crippen molar-refractivity contribution in [2.75, 3.05) is 20.3 Å². The van der Waals surface area contributed by atoms with E-state index in [2.05, 4.69) is 5.32 Å². The Morgan fingerprint density at radius 1 is 1.00 bits per heavy atom. The predicted molar refractivity (Wildman–Crippen MR) is 129 cm³/mol. The lowest BCUT2D eigenvalue weighted by atomic mass is 9.95. The molecule has 6 heteroatoms. The van der Waals surface area contributed by atoms with Gasteiger partial charge in [-0.15, -0.1) is 0 Å². The van der Waals surface area contributed by atoms with Crippen molar-refractivity contribution in [2.24, 2.45) is 0 Å². The summed E-state index contributed by atoms with van der Waals surface area (Å²) < 4.78 is 10.7. The van der Waals surface area contributed by atoms with E-state index in [1.807, 2.05) is 57.2 Å². The van der Waals surface area contributed by atoms with Gasteiger partial charge in [0.15, 0.2) is 0 Å². The molecule has 0 aliphatic heterocycles. The fourth-order valence-corrected chi connectivity index (χ4v) is 3.72. The summed E-state index contributed by atoms with van der Waals surface area (Å²) in [5.41, 5.74) is 5.30. The van der Waals surface area contributed by atoms with Gasteiger partial charge in [0.1, 0.15) is 18.1 Å². The van der Waals surface area contributed by atoms with Gasteiger partial charge >= 0.3 is 5.97 Å². The van der Waals surface area contributed by atoms with Crippen LogP contribution in [-0.4, -0.2) is 42.5 Å². The number of esters is 1. The topological polar surface area (TPSA) is 88.0 Å². The monoisotopic (exact) mass is 449 g/mol. The number of methoxy groups -OCH3 is 1. The number of phenolic OH excluding ortho intramolecular Hbond substituents is 1. The number of hydrogen-bond donors (Lipinski definition) is 3. The van der Waals surface area contributed by atoms with Crippen LogP contribution in [0, 0.1) is 13.8 Å². The van der Waals surface area contributed by atoms with Gasteiger partial charge < -0.3 is 25.0 Å². The van der Waals surface area contributed by atoms with E-state index < -0.39 is 6.10 Å². The van der Waals surface area contributed by atoms with Gasteiger partial charge in [0.05, 0.1) is 18.8 Å². The zero-order chi connectivity index (χ0) is 24.0. The Morgan fingerprint density at radius 2 is 1.67 bits per heavy atom. The maximum atomic E-state index is 11.9. The normalized spacial score (nSPS) is 12.8. The van der Waals surface area contributed by atoms with Crippen molar-refractivity contribution in [3.63, 3.8) is 0 Å². The van der Waals surface area contributed by atoms with Gasteiger partial charge in [-0.25, -0.2) is 4.79 Å². The number of benzene rings is 3. The zero-order valence-corrected chi connectivity index (χ0v) is 19.5. The summed E-state index contributed by atoms with van der Waals surface area (Å²) in [6.45, 7) is 6.82. The molecule has 6 nitrogen and oxygen atoms in total. The number of aliphatic hydroxyl groups is 1. The molecule has 0 spiro atoms. The second kappa shape index (κ2) is 11.0. The molecular formula is C27H31NO5. The Balaban J connectivity index is 1.53. The molecule has 0 heterocycles. The number of nitrogens with one attached hydrogen (secondary N) is 1. The number of aryl methyl sites for hydroxylation is 2. The number of phenols is 1. The van der Waals surface area contributed by atoms with E-state index in [0.717, 1.165) is 33.6 Å². The van der Waals surface area contributed by atoms with E-state index in [9.17, 15) is 15.0 Å². The summed E-state index contributed by atoms with van der Waals surface area (Å²) in [6, 6.07) is 18.1.